The summed E-state index contributed by atoms with van der Waals surface area (Å²) < 4.78 is 13.7. The maximum absolute atomic E-state index is 13.7. The van der Waals surface area contributed by atoms with Gasteiger partial charge in [0.05, 0.1) is 11.6 Å². The summed E-state index contributed by atoms with van der Waals surface area (Å²) in [6.07, 6.45) is 1.66. The quantitative estimate of drug-likeness (QED) is 0.941. The molecule has 1 aliphatic rings. The largest absolute Gasteiger partial charge is 0.340 e. The molecule has 3 rings (SSSR count). The molecule has 1 aromatic carbocycles. The molecule has 6 heteroatoms. The Kier molecular flexibility index (Phi) is 4.74. The lowest BCUT2D eigenvalue weighted by Gasteiger charge is -2.32. The topological polar surface area (TPSA) is 58.1 Å². The Morgan fingerprint density at radius 1 is 1.25 bits per heavy atom. The number of hydrogen-bond acceptors (Lipinski definition) is 4. The molecule has 5 nitrogen and oxygen atoms in total. The third kappa shape index (κ3) is 3.69. The Morgan fingerprint density at radius 3 is 2.67 bits per heavy atom. The normalized spacial score (nSPS) is 17.6. The molecule has 1 aromatic heterocycles. The Bertz CT molecular complexity index is 729. The van der Waals surface area contributed by atoms with Crippen LogP contribution in [-0.2, 0) is 4.79 Å². The Labute approximate surface area is 140 Å². The van der Waals surface area contributed by atoms with Crippen molar-refractivity contribution >= 4 is 17.5 Å². The van der Waals surface area contributed by atoms with Crippen molar-refractivity contribution in [3.8, 4) is 0 Å². The number of carbonyl (C=O) groups is 1. The van der Waals surface area contributed by atoms with Gasteiger partial charge in [0, 0.05) is 24.5 Å². The van der Waals surface area contributed by atoms with E-state index in [0.29, 0.717) is 12.5 Å². The number of anilines is 2. The van der Waals surface area contributed by atoms with Gasteiger partial charge in [-0.05, 0) is 44.9 Å². The second kappa shape index (κ2) is 6.95. The summed E-state index contributed by atoms with van der Waals surface area (Å²) in [4.78, 5) is 23.5. The van der Waals surface area contributed by atoms with Gasteiger partial charge in [0.15, 0.2) is 0 Å². The molecule has 1 aliphatic heterocycles. The zero-order valence-electron chi connectivity index (χ0n) is 13.9. The minimum absolute atomic E-state index is 0.158. The molecule has 1 atom stereocenters. The van der Waals surface area contributed by atoms with Gasteiger partial charge < -0.3 is 10.2 Å². The second-order valence-corrected chi connectivity index (χ2v) is 6.20. The van der Waals surface area contributed by atoms with Crippen molar-refractivity contribution in [1.82, 2.24) is 9.97 Å². The van der Waals surface area contributed by atoms with Crippen LogP contribution in [0, 0.1) is 25.6 Å². The Balaban J connectivity index is 1.71. The van der Waals surface area contributed by atoms with Crippen molar-refractivity contribution in [2.75, 3.05) is 23.3 Å². The fourth-order valence-corrected chi connectivity index (χ4v) is 3.02. The number of para-hydroxylation sites is 1. The summed E-state index contributed by atoms with van der Waals surface area (Å²) in [7, 11) is 0. The number of halogens is 1. The lowest BCUT2D eigenvalue weighted by Crippen LogP contribution is -2.41. The maximum Gasteiger partial charge on any atom is 0.229 e. The second-order valence-electron chi connectivity index (χ2n) is 6.20. The van der Waals surface area contributed by atoms with Gasteiger partial charge >= 0.3 is 0 Å². The molecule has 1 fully saturated rings. The van der Waals surface area contributed by atoms with Crippen molar-refractivity contribution in [3.05, 3.63) is 47.5 Å². The van der Waals surface area contributed by atoms with Crippen LogP contribution in [0.15, 0.2) is 30.3 Å². The van der Waals surface area contributed by atoms with Crippen molar-refractivity contribution in [1.29, 1.82) is 0 Å². The summed E-state index contributed by atoms with van der Waals surface area (Å²) >= 11 is 0. The first-order valence-corrected chi connectivity index (χ1v) is 8.15. The Hall–Kier alpha value is -2.50. The Morgan fingerprint density at radius 2 is 1.96 bits per heavy atom. The van der Waals surface area contributed by atoms with E-state index in [9.17, 15) is 9.18 Å². The number of nitrogens with one attached hydrogen (secondary N) is 1. The highest BCUT2D eigenvalue weighted by molar-refractivity contribution is 5.93. The van der Waals surface area contributed by atoms with Crippen LogP contribution in [0.4, 0.5) is 16.0 Å². The van der Waals surface area contributed by atoms with Gasteiger partial charge in [-0.1, -0.05) is 12.1 Å². The molecule has 24 heavy (non-hydrogen) atoms. The first-order valence-electron chi connectivity index (χ1n) is 8.15. The van der Waals surface area contributed by atoms with Gasteiger partial charge in [0.1, 0.15) is 5.82 Å². The fourth-order valence-electron chi connectivity index (χ4n) is 3.02. The zero-order chi connectivity index (χ0) is 17.1. The molecule has 0 bridgehead atoms. The van der Waals surface area contributed by atoms with Gasteiger partial charge in [0.25, 0.3) is 0 Å². The summed E-state index contributed by atoms with van der Waals surface area (Å²) in [6.45, 7) is 5.24. The highest BCUT2D eigenvalue weighted by Crippen LogP contribution is 2.23. The third-order valence-electron chi connectivity index (χ3n) is 4.18. The molecule has 2 heterocycles. The monoisotopic (exact) mass is 328 g/mol. The first kappa shape index (κ1) is 16.4. The minimum Gasteiger partial charge on any atom is -0.340 e. The van der Waals surface area contributed by atoms with Crippen LogP contribution in [0.25, 0.3) is 0 Å². The molecular formula is C18H21FN4O. The standard InChI is InChI=1S/C18H21FN4O/c1-12-10-13(2)21-18(20-12)23-9-5-6-14(11-23)17(24)22-16-8-4-3-7-15(16)19/h3-4,7-8,10,14H,5-6,9,11H2,1-2H3,(H,22,24)/t14-/m0/s1. The molecule has 1 saturated heterocycles. The molecule has 0 radical (unpaired) electrons. The number of piperidine rings is 1. The van der Waals surface area contributed by atoms with Gasteiger partial charge in [0.2, 0.25) is 11.9 Å². The van der Waals surface area contributed by atoms with E-state index in [4.69, 9.17) is 0 Å². The highest BCUT2D eigenvalue weighted by atomic mass is 19.1. The summed E-state index contributed by atoms with van der Waals surface area (Å²) in [5.41, 5.74) is 2.05. The fraction of sp³-hybridized carbons (Fsp3) is 0.389. The van der Waals surface area contributed by atoms with Crippen LogP contribution in [0.5, 0.6) is 0 Å². The molecule has 126 valence electrons. The number of aryl methyl sites for hydroxylation is 2. The predicted octanol–water partition coefficient (Wildman–Crippen LogP) is 3.09. The van der Waals surface area contributed by atoms with E-state index in [1.54, 1.807) is 18.2 Å². The third-order valence-corrected chi connectivity index (χ3v) is 4.18. The molecule has 0 aliphatic carbocycles. The van der Waals surface area contributed by atoms with Crippen LogP contribution in [0.2, 0.25) is 0 Å². The number of benzene rings is 1. The van der Waals surface area contributed by atoms with E-state index in [2.05, 4.69) is 15.3 Å². The van der Waals surface area contributed by atoms with Crippen molar-refractivity contribution in [2.24, 2.45) is 5.92 Å². The van der Waals surface area contributed by atoms with E-state index in [-0.39, 0.29) is 17.5 Å². The van der Waals surface area contributed by atoms with Gasteiger partial charge in [-0.3, -0.25) is 4.79 Å². The van der Waals surface area contributed by atoms with Crippen LogP contribution >= 0.6 is 0 Å². The van der Waals surface area contributed by atoms with E-state index in [1.165, 1.54) is 6.07 Å². The SMILES string of the molecule is Cc1cc(C)nc(N2CCC[C@H](C(=O)Nc3ccccc3F)C2)n1. The average molecular weight is 328 g/mol. The molecule has 0 unspecified atom stereocenters. The minimum atomic E-state index is -0.420. The van der Waals surface area contributed by atoms with Gasteiger partial charge in [-0.25, -0.2) is 14.4 Å². The van der Waals surface area contributed by atoms with Crippen molar-refractivity contribution in [2.45, 2.75) is 26.7 Å². The zero-order valence-corrected chi connectivity index (χ0v) is 13.9. The molecule has 0 spiro atoms. The van der Waals surface area contributed by atoms with Crippen LogP contribution in [0.1, 0.15) is 24.2 Å². The van der Waals surface area contributed by atoms with Gasteiger partial charge in [-0.2, -0.15) is 0 Å². The predicted molar refractivity (Wildman–Crippen MR) is 91.5 cm³/mol. The number of carbonyl (C=O) groups excluding carboxylic acids is 1. The van der Waals surface area contributed by atoms with E-state index in [0.717, 1.165) is 30.8 Å². The number of hydrogen-bond donors (Lipinski definition) is 1. The smallest absolute Gasteiger partial charge is 0.229 e. The van der Waals surface area contributed by atoms with Crippen LogP contribution < -0.4 is 10.2 Å². The van der Waals surface area contributed by atoms with Gasteiger partial charge in [-0.15, -0.1) is 0 Å². The first-order chi connectivity index (χ1) is 11.5. The average Bonchev–Trinajstić information content (AvgIpc) is 2.56. The van der Waals surface area contributed by atoms with E-state index >= 15 is 0 Å². The van der Waals surface area contributed by atoms with Crippen molar-refractivity contribution < 1.29 is 9.18 Å². The lowest BCUT2D eigenvalue weighted by molar-refractivity contribution is -0.120. The highest BCUT2D eigenvalue weighted by Gasteiger charge is 2.27. The maximum atomic E-state index is 13.7. The van der Waals surface area contributed by atoms with Crippen molar-refractivity contribution in [3.63, 3.8) is 0 Å². The van der Waals surface area contributed by atoms with Crippen LogP contribution in [0.3, 0.4) is 0 Å². The summed E-state index contributed by atoms with van der Waals surface area (Å²) in [6, 6.07) is 8.14. The molecule has 0 saturated carbocycles. The number of nitrogens with zero attached hydrogens (tertiary/aromatic N) is 3. The lowest BCUT2D eigenvalue weighted by atomic mass is 9.97. The summed E-state index contributed by atoms with van der Waals surface area (Å²) in [5, 5.41) is 2.69. The molecular weight excluding hydrogens is 307 g/mol. The summed E-state index contributed by atoms with van der Waals surface area (Å²) in [5.74, 6) is -0.121. The van der Waals surface area contributed by atoms with E-state index < -0.39 is 5.82 Å². The molecule has 1 amide bonds. The van der Waals surface area contributed by atoms with E-state index in [1.807, 2.05) is 24.8 Å². The number of rotatable bonds is 3. The number of aromatic nitrogens is 2. The van der Waals surface area contributed by atoms with Crippen LogP contribution in [-0.4, -0.2) is 29.0 Å². The molecule has 2 aromatic rings. The molecule has 1 N–H and O–H groups in total. The number of amides is 1.